The first-order valence-electron chi connectivity index (χ1n) is 8.80. The molecule has 0 spiro atoms. The average molecular weight is 544 g/mol. The van der Waals surface area contributed by atoms with Crippen LogP contribution in [-0.4, -0.2) is 8.80 Å². The number of fused-ring (bicyclic) bond motifs is 2. The predicted molar refractivity (Wildman–Crippen MR) is 94.4 cm³/mol. The van der Waals surface area contributed by atoms with Gasteiger partial charge in [-0.15, -0.1) is 0 Å². The number of rotatable bonds is 2. The van der Waals surface area contributed by atoms with Gasteiger partial charge in [0.2, 0.25) is 0 Å². The molecule has 4 heteroatoms. The molecule has 0 radical (unpaired) electrons. The Labute approximate surface area is 179 Å². The number of hydrogen-bond acceptors (Lipinski definition) is 0. The maximum atomic E-state index is 2.59. The van der Waals surface area contributed by atoms with Gasteiger partial charge in [-0.1, -0.05) is 64.8 Å². The van der Waals surface area contributed by atoms with Crippen molar-refractivity contribution in [1.29, 1.82) is 0 Å². The Balaban J connectivity index is 0.000000960. The van der Waals surface area contributed by atoms with Gasteiger partial charge in [0, 0.05) is 8.80 Å². The molecule has 128 valence electrons. The number of halogens is 2. The Bertz CT molecular complexity index is 648. The summed E-state index contributed by atoms with van der Waals surface area (Å²) in [6.07, 6.45) is 10.9. The summed E-state index contributed by atoms with van der Waals surface area (Å²) in [5.74, 6) is 0. The summed E-state index contributed by atoms with van der Waals surface area (Å²) in [5, 5.41) is 3.44. The molecule has 0 saturated heterocycles. The van der Waals surface area contributed by atoms with E-state index in [0.29, 0.717) is 0 Å². The zero-order valence-electron chi connectivity index (χ0n) is 14.7. The van der Waals surface area contributed by atoms with Crippen molar-refractivity contribution in [1.82, 2.24) is 0 Å². The second-order valence-corrected chi connectivity index (χ2v) is 9.94. The van der Waals surface area contributed by atoms with Gasteiger partial charge in [-0.25, -0.2) is 12.1 Å². The molecule has 1 atom stereocenters. The van der Waals surface area contributed by atoms with Crippen molar-refractivity contribution >= 4 is 19.2 Å². The Hall–Kier alpha value is 0.367. The van der Waals surface area contributed by atoms with Gasteiger partial charge in [0.15, 0.2) is 0 Å². The van der Waals surface area contributed by atoms with Gasteiger partial charge in [0.05, 0.1) is 0 Å². The molecule has 2 aliphatic carbocycles. The van der Waals surface area contributed by atoms with Gasteiger partial charge in [-0.3, -0.25) is 0 Å². The zero-order chi connectivity index (χ0) is 14.4. The van der Waals surface area contributed by atoms with Crippen LogP contribution in [0.25, 0.3) is 0 Å². The molecule has 2 aromatic carbocycles. The van der Waals surface area contributed by atoms with E-state index in [1.807, 2.05) is 0 Å². The summed E-state index contributed by atoms with van der Waals surface area (Å²) in [4.78, 5) is 0. The molecule has 2 aromatic rings. The third kappa shape index (κ3) is 4.03. The van der Waals surface area contributed by atoms with E-state index in [2.05, 4.69) is 31.7 Å². The fourth-order valence-electron chi connectivity index (χ4n) is 4.59. The van der Waals surface area contributed by atoms with E-state index < -0.39 is 8.80 Å². The van der Waals surface area contributed by atoms with Crippen LogP contribution in [0.3, 0.4) is 0 Å². The molecule has 0 aliphatic heterocycles. The van der Waals surface area contributed by atoms with E-state index in [-0.39, 0.29) is 50.7 Å². The van der Waals surface area contributed by atoms with E-state index in [1.54, 1.807) is 38.2 Å². The van der Waals surface area contributed by atoms with E-state index in [1.165, 1.54) is 51.4 Å². The summed E-state index contributed by atoms with van der Waals surface area (Å²) >= 11 is 0. The topological polar surface area (TPSA) is 0 Å². The van der Waals surface area contributed by atoms with Gasteiger partial charge >= 0.3 is 25.8 Å². The van der Waals surface area contributed by atoms with E-state index in [0.717, 1.165) is 0 Å². The second-order valence-electron chi connectivity index (χ2n) is 7.20. The van der Waals surface area contributed by atoms with Crippen LogP contribution in [0.1, 0.15) is 53.5 Å². The number of aryl methyl sites for hydroxylation is 3. The SMILES string of the molecule is C[c-]1c([SiH](C)c2cc3c([cH-]2)CCCC3)cc2c1CCCC2.[Cl-].[Cl-].[Hf+4]. The first kappa shape index (κ1) is 22.4. The average Bonchev–Trinajstić information content (AvgIpc) is 3.08. The Morgan fingerprint density at radius 1 is 0.917 bits per heavy atom. The Kier molecular flexibility index (Phi) is 8.73. The van der Waals surface area contributed by atoms with E-state index in [4.69, 9.17) is 0 Å². The van der Waals surface area contributed by atoms with Gasteiger partial charge in [0.25, 0.3) is 0 Å². The second kappa shape index (κ2) is 9.35. The smallest absolute Gasteiger partial charge is 1.00 e. The van der Waals surface area contributed by atoms with Crippen LogP contribution in [0.15, 0.2) is 18.2 Å². The van der Waals surface area contributed by atoms with Gasteiger partial charge in [-0.05, 0) is 0 Å². The van der Waals surface area contributed by atoms with E-state index >= 15 is 0 Å². The molecule has 4 rings (SSSR count). The predicted octanol–water partition coefficient (Wildman–Crippen LogP) is -2.83. The molecule has 0 amide bonds. The van der Waals surface area contributed by atoms with Crippen LogP contribution < -0.4 is 35.2 Å². The minimum atomic E-state index is -0.973. The van der Waals surface area contributed by atoms with Crippen molar-refractivity contribution in [3.8, 4) is 0 Å². The fraction of sp³-hybridized carbons (Fsp3) is 0.500. The Morgan fingerprint density at radius 3 is 2.21 bits per heavy atom. The molecule has 0 aromatic heterocycles. The number of hydrogen-bond donors (Lipinski definition) is 0. The third-order valence-corrected chi connectivity index (χ3v) is 8.79. The first-order chi connectivity index (χ1) is 10.2. The molecule has 1 unspecified atom stereocenters. The minimum absolute atomic E-state index is 0. The van der Waals surface area contributed by atoms with Crippen molar-refractivity contribution in [2.75, 3.05) is 0 Å². The standard InChI is InChI=1S/C20H26Si.2ClH.Hf/c1-14-19-10-6-5-9-17(19)13-20(14)21(2)18-11-15-7-3-4-8-16(15)12-18;;;/h11-13,21H,3-10H2,1-2H3;2*1H;/q-2;;;+4/p-2. The van der Waals surface area contributed by atoms with Gasteiger partial charge in [-0.2, -0.15) is 44.3 Å². The van der Waals surface area contributed by atoms with Crippen molar-refractivity contribution in [2.45, 2.75) is 64.8 Å². The molecule has 0 heterocycles. The fourth-order valence-corrected chi connectivity index (χ4v) is 7.13. The van der Waals surface area contributed by atoms with Crippen LogP contribution in [0.5, 0.6) is 0 Å². The van der Waals surface area contributed by atoms with Crippen LogP contribution in [0, 0.1) is 6.92 Å². The monoisotopic (exact) mass is 544 g/mol. The zero-order valence-corrected chi connectivity index (χ0v) is 21.0. The molecular formula is C20H26Cl2HfSi. The van der Waals surface area contributed by atoms with Gasteiger partial charge < -0.3 is 24.8 Å². The summed E-state index contributed by atoms with van der Waals surface area (Å²) in [5.41, 5.74) is 8.40. The molecule has 0 fully saturated rings. The molecule has 0 saturated carbocycles. The first-order valence-corrected chi connectivity index (χ1v) is 11.1. The van der Waals surface area contributed by atoms with Crippen molar-refractivity contribution in [3.63, 3.8) is 0 Å². The maximum absolute atomic E-state index is 2.59. The van der Waals surface area contributed by atoms with Crippen LogP contribution in [-0.2, 0) is 51.5 Å². The van der Waals surface area contributed by atoms with Crippen LogP contribution in [0.2, 0.25) is 6.55 Å². The van der Waals surface area contributed by atoms with Crippen molar-refractivity contribution in [3.05, 3.63) is 46.0 Å². The maximum Gasteiger partial charge on any atom is 4.00 e. The third-order valence-electron chi connectivity index (χ3n) is 5.93. The summed E-state index contributed by atoms with van der Waals surface area (Å²) in [7, 11) is -0.973. The largest absolute Gasteiger partial charge is 4.00 e. The molecule has 0 nitrogen and oxygen atoms in total. The quantitative estimate of drug-likeness (QED) is 0.283. The van der Waals surface area contributed by atoms with Gasteiger partial charge in [0.1, 0.15) is 0 Å². The molecular weight excluding hydrogens is 518 g/mol. The van der Waals surface area contributed by atoms with Crippen LogP contribution >= 0.6 is 0 Å². The van der Waals surface area contributed by atoms with E-state index in [9.17, 15) is 0 Å². The molecule has 2 aliphatic rings. The minimum Gasteiger partial charge on any atom is -1.00 e. The molecule has 0 N–H and O–H groups in total. The van der Waals surface area contributed by atoms with Crippen LogP contribution in [0.4, 0.5) is 0 Å². The molecule has 0 bridgehead atoms. The normalized spacial score (nSPS) is 16.8. The summed E-state index contributed by atoms with van der Waals surface area (Å²) < 4.78 is 0. The molecule has 24 heavy (non-hydrogen) atoms. The van der Waals surface area contributed by atoms with Crippen molar-refractivity contribution in [2.24, 2.45) is 0 Å². The summed E-state index contributed by atoms with van der Waals surface area (Å²) in [6.45, 7) is 4.94. The Morgan fingerprint density at radius 2 is 1.54 bits per heavy atom. The van der Waals surface area contributed by atoms with Crippen molar-refractivity contribution < 1.29 is 50.7 Å². The summed E-state index contributed by atoms with van der Waals surface area (Å²) in [6, 6.07) is 7.72.